The quantitative estimate of drug-likeness (QED) is 0.259. The molecule has 1 N–H and O–H groups in total. The molecule has 3 aromatic rings. The van der Waals surface area contributed by atoms with Gasteiger partial charge < -0.3 is 14.7 Å². The third-order valence-corrected chi connectivity index (χ3v) is 6.58. The molecule has 8 heteroatoms. The van der Waals surface area contributed by atoms with E-state index in [2.05, 4.69) is 0 Å². The van der Waals surface area contributed by atoms with Gasteiger partial charge in [-0.25, -0.2) is 0 Å². The Labute approximate surface area is 213 Å². The summed E-state index contributed by atoms with van der Waals surface area (Å²) in [6, 6.07) is 16.8. The third kappa shape index (κ3) is 4.35. The molecule has 1 aliphatic rings. The number of hydrogen-bond donors (Lipinski definition) is 1. The maximum absolute atomic E-state index is 13.4. The van der Waals surface area contributed by atoms with Gasteiger partial charge in [0, 0.05) is 31.0 Å². The summed E-state index contributed by atoms with van der Waals surface area (Å²) in [6.45, 7) is 1.86. The number of hydrogen-bond acceptors (Lipinski definition) is 5. The zero-order valence-corrected chi connectivity index (χ0v) is 21.2. The number of aryl methyl sites for hydroxylation is 1. The van der Waals surface area contributed by atoms with Crippen LogP contribution in [0.2, 0.25) is 10.0 Å². The number of anilines is 2. The summed E-state index contributed by atoms with van der Waals surface area (Å²) in [7, 11) is 5.27. The van der Waals surface area contributed by atoms with E-state index in [1.807, 2.05) is 62.3 Å². The molecule has 1 saturated heterocycles. The van der Waals surface area contributed by atoms with Crippen LogP contribution in [0.5, 0.6) is 5.75 Å². The molecule has 4 rings (SSSR count). The number of amides is 1. The van der Waals surface area contributed by atoms with Gasteiger partial charge >= 0.3 is 0 Å². The molecule has 1 amide bonds. The lowest BCUT2D eigenvalue weighted by molar-refractivity contribution is -0.132. The van der Waals surface area contributed by atoms with Crippen molar-refractivity contribution in [2.75, 3.05) is 31.0 Å². The third-order valence-electron chi connectivity index (χ3n) is 6.02. The van der Waals surface area contributed by atoms with Gasteiger partial charge in [0.2, 0.25) is 0 Å². The number of benzene rings is 3. The second-order valence-electron chi connectivity index (χ2n) is 8.41. The fourth-order valence-corrected chi connectivity index (χ4v) is 4.87. The number of carbonyl (C=O) groups excluding carboxylic acids is 2. The highest BCUT2D eigenvalue weighted by atomic mass is 35.5. The molecule has 1 fully saturated rings. The van der Waals surface area contributed by atoms with Gasteiger partial charge in [-0.2, -0.15) is 0 Å². The summed E-state index contributed by atoms with van der Waals surface area (Å²) in [5.41, 5.74) is 3.19. The van der Waals surface area contributed by atoms with E-state index in [0.29, 0.717) is 11.3 Å². The number of methoxy groups -OCH3 is 1. The first-order valence-electron chi connectivity index (χ1n) is 10.8. The number of halogens is 2. The highest BCUT2D eigenvalue weighted by Crippen LogP contribution is 2.44. The Balaban J connectivity index is 1.96. The van der Waals surface area contributed by atoms with Gasteiger partial charge in [-0.3, -0.25) is 14.5 Å². The van der Waals surface area contributed by atoms with Crippen molar-refractivity contribution in [2.45, 2.75) is 13.0 Å². The first kappa shape index (κ1) is 24.6. The van der Waals surface area contributed by atoms with Crippen LogP contribution < -0.4 is 14.5 Å². The highest BCUT2D eigenvalue weighted by molar-refractivity contribution is 6.52. The molecule has 0 saturated carbocycles. The summed E-state index contributed by atoms with van der Waals surface area (Å²) in [5.74, 6) is -1.64. The first-order chi connectivity index (χ1) is 16.6. The molecular formula is C27H24Cl2N2O4. The predicted octanol–water partition coefficient (Wildman–Crippen LogP) is 6.00. The summed E-state index contributed by atoms with van der Waals surface area (Å²) in [6.07, 6.45) is 0. The molecule has 0 bridgehead atoms. The molecule has 180 valence electrons. The number of nitrogens with zero attached hydrogens (tertiary/aromatic N) is 2. The van der Waals surface area contributed by atoms with E-state index in [0.717, 1.165) is 11.3 Å². The maximum Gasteiger partial charge on any atom is 0.300 e. The van der Waals surface area contributed by atoms with Gasteiger partial charge in [0.1, 0.15) is 5.76 Å². The molecule has 1 atom stereocenters. The lowest BCUT2D eigenvalue weighted by Crippen LogP contribution is -2.30. The molecule has 0 spiro atoms. The minimum absolute atomic E-state index is 0.0480. The zero-order chi connectivity index (χ0) is 25.4. The van der Waals surface area contributed by atoms with Crippen molar-refractivity contribution in [1.29, 1.82) is 0 Å². The number of ether oxygens (including phenoxy) is 1. The van der Waals surface area contributed by atoms with E-state index >= 15 is 0 Å². The Hall–Kier alpha value is -3.48. The Kier molecular flexibility index (Phi) is 6.79. The van der Waals surface area contributed by atoms with Crippen LogP contribution >= 0.6 is 23.2 Å². The van der Waals surface area contributed by atoms with E-state index in [1.54, 1.807) is 12.1 Å². The standard InChI is InChI=1S/C27H24Cl2N2O4/c1-15-7-5-6-8-21(15)31-23(16-9-11-18(12-10-16)30(2)3)22(25(33)27(31)34)24(32)17-13-19(28)26(35-4)20(29)14-17/h5-14,23,32H,1-4H3/b24-22+. The second kappa shape index (κ2) is 9.64. The lowest BCUT2D eigenvalue weighted by Gasteiger charge is -2.27. The summed E-state index contributed by atoms with van der Waals surface area (Å²) >= 11 is 12.6. The van der Waals surface area contributed by atoms with Crippen LogP contribution in [0.4, 0.5) is 11.4 Å². The summed E-state index contributed by atoms with van der Waals surface area (Å²) < 4.78 is 5.19. The van der Waals surface area contributed by atoms with E-state index in [1.165, 1.54) is 24.1 Å². The van der Waals surface area contributed by atoms with Crippen LogP contribution in [-0.2, 0) is 9.59 Å². The maximum atomic E-state index is 13.4. The Morgan fingerprint density at radius 3 is 2.14 bits per heavy atom. The summed E-state index contributed by atoms with van der Waals surface area (Å²) in [5, 5.41) is 11.7. The molecule has 1 aliphatic heterocycles. The van der Waals surface area contributed by atoms with Crippen molar-refractivity contribution < 1.29 is 19.4 Å². The molecule has 0 aliphatic carbocycles. The van der Waals surface area contributed by atoms with Crippen molar-refractivity contribution in [3.05, 3.63) is 93.0 Å². The van der Waals surface area contributed by atoms with E-state index in [4.69, 9.17) is 27.9 Å². The predicted molar refractivity (Wildman–Crippen MR) is 140 cm³/mol. The minimum atomic E-state index is -0.855. The average Bonchev–Trinajstić information content (AvgIpc) is 3.09. The van der Waals surface area contributed by atoms with E-state index in [-0.39, 0.29) is 32.7 Å². The Morgan fingerprint density at radius 2 is 1.60 bits per heavy atom. The van der Waals surface area contributed by atoms with Gasteiger partial charge in [0.25, 0.3) is 11.7 Å². The number of carbonyl (C=O) groups is 2. The van der Waals surface area contributed by atoms with Crippen molar-refractivity contribution in [2.24, 2.45) is 0 Å². The number of aliphatic hydroxyl groups is 1. The van der Waals surface area contributed by atoms with Gasteiger partial charge in [-0.05, 0) is 48.4 Å². The SMILES string of the molecule is COc1c(Cl)cc(/C(O)=C2\C(=O)C(=O)N(c3ccccc3C)C2c2ccc(N(C)C)cc2)cc1Cl. The molecular weight excluding hydrogens is 487 g/mol. The van der Waals surface area contributed by atoms with Crippen LogP contribution in [0, 0.1) is 6.92 Å². The largest absolute Gasteiger partial charge is 0.507 e. The molecule has 0 aromatic heterocycles. The number of rotatable bonds is 5. The fourth-order valence-electron chi connectivity index (χ4n) is 4.23. The highest BCUT2D eigenvalue weighted by Gasteiger charge is 2.47. The molecule has 6 nitrogen and oxygen atoms in total. The smallest absolute Gasteiger partial charge is 0.300 e. The Morgan fingerprint density at radius 1 is 1.00 bits per heavy atom. The second-order valence-corrected chi connectivity index (χ2v) is 9.23. The molecule has 3 aromatic carbocycles. The van der Waals surface area contributed by atoms with Crippen LogP contribution in [0.15, 0.2) is 66.2 Å². The van der Waals surface area contributed by atoms with Gasteiger partial charge in [-0.15, -0.1) is 0 Å². The zero-order valence-electron chi connectivity index (χ0n) is 19.7. The topological polar surface area (TPSA) is 70.1 Å². The van der Waals surface area contributed by atoms with E-state index in [9.17, 15) is 14.7 Å². The van der Waals surface area contributed by atoms with Crippen molar-refractivity contribution in [3.8, 4) is 5.75 Å². The number of Topliss-reactive ketones (excluding diaryl/α,β-unsaturated/α-hetero) is 1. The van der Waals surface area contributed by atoms with Gasteiger partial charge in [0.15, 0.2) is 5.75 Å². The Bertz CT molecular complexity index is 1330. The molecule has 35 heavy (non-hydrogen) atoms. The van der Waals surface area contributed by atoms with Crippen LogP contribution in [0.1, 0.15) is 22.7 Å². The number of para-hydroxylation sites is 1. The molecule has 1 heterocycles. The monoisotopic (exact) mass is 510 g/mol. The molecule has 1 unspecified atom stereocenters. The normalized spacial score (nSPS) is 17.1. The van der Waals surface area contributed by atoms with Crippen molar-refractivity contribution in [3.63, 3.8) is 0 Å². The first-order valence-corrected chi connectivity index (χ1v) is 11.6. The summed E-state index contributed by atoms with van der Waals surface area (Å²) in [4.78, 5) is 30.1. The fraction of sp³-hybridized carbons (Fsp3) is 0.185. The van der Waals surface area contributed by atoms with Crippen molar-refractivity contribution >= 4 is 52.0 Å². The number of aliphatic hydroxyl groups excluding tert-OH is 1. The van der Waals surface area contributed by atoms with E-state index < -0.39 is 17.7 Å². The van der Waals surface area contributed by atoms with Crippen molar-refractivity contribution in [1.82, 2.24) is 0 Å². The van der Waals surface area contributed by atoms with Crippen LogP contribution in [-0.4, -0.2) is 38.0 Å². The average molecular weight is 511 g/mol. The van der Waals surface area contributed by atoms with Crippen LogP contribution in [0.3, 0.4) is 0 Å². The molecule has 0 radical (unpaired) electrons. The lowest BCUT2D eigenvalue weighted by atomic mass is 9.94. The minimum Gasteiger partial charge on any atom is -0.507 e. The van der Waals surface area contributed by atoms with Crippen LogP contribution in [0.25, 0.3) is 5.76 Å². The van der Waals surface area contributed by atoms with Gasteiger partial charge in [0.05, 0.1) is 28.8 Å². The van der Waals surface area contributed by atoms with Gasteiger partial charge in [-0.1, -0.05) is 53.5 Å². The number of ketones is 1.